The van der Waals surface area contributed by atoms with Crippen LogP contribution >= 0.6 is 7.82 Å². The second-order valence-corrected chi connectivity index (χ2v) is 16.0. The molecule has 9 heteroatoms. The Labute approximate surface area is 336 Å². The molecule has 0 heterocycles. The summed E-state index contributed by atoms with van der Waals surface area (Å²) in [4.78, 5) is 25.0. The lowest BCUT2D eigenvalue weighted by Crippen LogP contribution is -2.46. The summed E-state index contributed by atoms with van der Waals surface area (Å²) in [5.74, 6) is -0.239. The van der Waals surface area contributed by atoms with Crippen LogP contribution in [0.25, 0.3) is 0 Å². The van der Waals surface area contributed by atoms with Gasteiger partial charge in [-0.2, -0.15) is 0 Å². The molecule has 8 nitrogen and oxygen atoms in total. The fourth-order valence-electron chi connectivity index (χ4n) is 4.98. The predicted octanol–water partition coefficient (Wildman–Crippen LogP) is 10.7. The minimum atomic E-state index is -4.57. The SMILES string of the molecule is CC/C=C\C/C=C\C/C=C\C/C=C\C/C=C\C/C=C\C/C=C\C/C=C\C/C=C\CCCC(=O)NC(COP(=O)([O-])OCC[N+](C)(C)C)C(O)CCCCCC. The molecule has 0 aliphatic heterocycles. The molecule has 0 saturated carbocycles. The quantitative estimate of drug-likeness (QED) is 0.0287. The first-order valence-corrected chi connectivity index (χ1v) is 22.2. The van der Waals surface area contributed by atoms with Crippen molar-refractivity contribution in [3.8, 4) is 0 Å². The van der Waals surface area contributed by atoms with E-state index in [4.69, 9.17) is 9.05 Å². The Balaban J connectivity index is 4.21. The molecule has 55 heavy (non-hydrogen) atoms. The van der Waals surface area contributed by atoms with Gasteiger partial charge in [-0.15, -0.1) is 0 Å². The van der Waals surface area contributed by atoms with Gasteiger partial charge in [0.15, 0.2) is 0 Å². The van der Waals surface area contributed by atoms with Crippen molar-refractivity contribution < 1.29 is 32.9 Å². The topological polar surface area (TPSA) is 108 Å². The second-order valence-electron chi connectivity index (χ2n) is 14.6. The normalized spacial score (nSPS) is 15.5. The van der Waals surface area contributed by atoms with Gasteiger partial charge in [-0.25, -0.2) is 0 Å². The van der Waals surface area contributed by atoms with Crippen molar-refractivity contribution in [1.29, 1.82) is 0 Å². The number of phosphoric acid groups is 1. The van der Waals surface area contributed by atoms with Crippen molar-refractivity contribution in [3.05, 3.63) is 109 Å². The van der Waals surface area contributed by atoms with Gasteiger partial charge in [-0.05, 0) is 77.0 Å². The molecule has 0 aromatic heterocycles. The first kappa shape index (κ1) is 52.2. The number of hydrogen-bond donors (Lipinski definition) is 2. The molecule has 0 bridgehead atoms. The summed E-state index contributed by atoms with van der Waals surface area (Å²) >= 11 is 0. The van der Waals surface area contributed by atoms with E-state index in [0.29, 0.717) is 23.9 Å². The fraction of sp³-hybridized carbons (Fsp3) is 0.587. The van der Waals surface area contributed by atoms with Crippen molar-refractivity contribution in [2.75, 3.05) is 40.9 Å². The molecular formula is C46H77N2O6P. The molecule has 0 aromatic rings. The van der Waals surface area contributed by atoms with E-state index in [1.807, 2.05) is 21.1 Å². The van der Waals surface area contributed by atoms with E-state index in [1.54, 1.807) is 0 Å². The predicted molar refractivity (Wildman–Crippen MR) is 232 cm³/mol. The van der Waals surface area contributed by atoms with Crippen LogP contribution in [0.1, 0.15) is 123 Å². The number of phosphoric ester groups is 1. The number of quaternary nitrogens is 1. The third-order valence-corrected chi connectivity index (χ3v) is 9.24. The van der Waals surface area contributed by atoms with Crippen LogP contribution in [0.15, 0.2) is 109 Å². The summed E-state index contributed by atoms with van der Waals surface area (Å²) in [7, 11) is 1.24. The van der Waals surface area contributed by atoms with E-state index in [9.17, 15) is 19.4 Å². The van der Waals surface area contributed by atoms with Crippen molar-refractivity contribution in [2.24, 2.45) is 0 Å². The highest BCUT2D eigenvalue weighted by Crippen LogP contribution is 2.38. The molecule has 0 saturated heterocycles. The van der Waals surface area contributed by atoms with E-state index in [2.05, 4.69) is 129 Å². The van der Waals surface area contributed by atoms with Crippen LogP contribution in [-0.4, -0.2) is 68.5 Å². The van der Waals surface area contributed by atoms with E-state index in [-0.39, 0.29) is 25.5 Å². The van der Waals surface area contributed by atoms with Gasteiger partial charge in [-0.1, -0.05) is 149 Å². The maximum Gasteiger partial charge on any atom is 0.268 e. The molecule has 0 fully saturated rings. The van der Waals surface area contributed by atoms with Gasteiger partial charge in [0.05, 0.1) is 39.9 Å². The van der Waals surface area contributed by atoms with E-state index < -0.39 is 20.0 Å². The number of hydrogen-bond acceptors (Lipinski definition) is 6. The first-order chi connectivity index (χ1) is 26.5. The van der Waals surface area contributed by atoms with Crippen LogP contribution in [-0.2, 0) is 18.4 Å². The number of aliphatic hydroxyl groups is 1. The van der Waals surface area contributed by atoms with E-state index >= 15 is 0 Å². The minimum absolute atomic E-state index is 0.00698. The van der Waals surface area contributed by atoms with Crippen molar-refractivity contribution in [3.63, 3.8) is 0 Å². The van der Waals surface area contributed by atoms with E-state index in [1.165, 1.54) is 0 Å². The fourth-order valence-corrected chi connectivity index (χ4v) is 5.70. The lowest BCUT2D eigenvalue weighted by molar-refractivity contribution is -0.870. The Kier molecular flexibility index (Phi) is 34.9. The first-order valence-electron chi connectivity index (χ1n) is 20.7. The number of carbonyl (C=O) groups excluding carboxylic acids is 1. The molecule has 0 radical (unpaired) electrons. The van der Waals surface area contributed by atoms with Crippen LogP contribution in [0, 0.1) is 0 Å². The van der Waals surface area contributed by atoms with Crippen LogP contribution in [0.5, 0.6) is 0 Å². The molecule has 312 valence electrons. The van der Waals surface area contributed by atoms with Gasteiger partial charge >= 0.3 is 0 Å². The second kappa shape index (κ2) is 36.8. The van der Waals surface area contributed by atoms with Crippen LogP contribution in [0.3, 0.4) is 0 Å². The number of likely N-dealkylation sites (N-methyl/N-ethyl adjacent to an activating group) is 1. The maximum atomic E-state index is 12.7. The molecule has 0 aliphatic carbocycles. The van der Waals surface area contributed by atoms with Gasteiger partial charge in [0.25, 0.3) is 7.82 Å². The Hall–Kier alpha value is -2.84. The zero-order chi connectivity index (χ0) is 40.7. The molecule has 0 spiro atoms. The lowest BCUT2D eigenvalue weighted by Gasteiger charge is -2.30. The van der Waals surface area contributed by atoms with Gasteiger partial charge in [0.1, 0.15) is 13.2 Å². The molecule has 0 rings (SSSR count). The maximum absolute atomic E-state index is 12.7. The molecule has 2 N–H and O–H groups in total. The Morgan fingerprint density at radius 1 is 0.655 bits per heavy atom. The Morgan fingerprint density at radius 2 is 1.09 bits per heavy atom. The van der Waals surface area contributed by atoms with Gasteiger partial charge in [0.2, 0.25) is 5.91 Å². The van der Waals surface area contributed by atoms with Crippen LogP contribution < -0.4 is 10.2 Å². The molecule has 3 atom stereocenters. The number of aliphatic hydroxyl groups excluding tert-OH is 1. The summed E-state index contributed by atoms with van der Waals surface area (Å²) in [5, 5.41) is 13.6. The molecule has 0 aromatic carbocycles. The van der Waals surface area contributed by atoms with Crippen molar-refractivity contribution in [2.45, 2.75) is 135 Å². The average Bonchev–Trinajstić information content (AvgIpc) is 3.13. The number of unbranched alkanes of at least 4 members (excludes halogenated alkanes) is 4. The highest BCUT2D eigenvalue weighted by atomic mass is 31.2. The van der Waals surface area contributed by atoms with Crippen molar-refractivity contribution >= 4 is 13.7 Å². The standard InChI is InChI=1S/C46H77N2O6P/c1-6-8-10-12-13-14-15-16-17-18-19-20-21-22-23-24-25-26-27-28-29-30-31-32-33-34-35-36-38-40-46(50)47-44(45(49)39-37-11-9-7-2)43-54-55(51,52)53-42-41-48(3,4)5/h8,10,13-14,16-17,19-20,22-23,25-26,28-29,31-32,34-35,44-45,49H,6-7,9,11-12,15,18,21,24,27,30,33,36-43H2,1-5H3,(H-,47,50,51,52)/b10-8-,14-13-,17-16-,20-19-,23-22-,26-25-,29-28-,32-31-,35-34-. The number of nitrogens with one attached hydrogen (secondary N) is 1. The summed E-state index contributed by atoms with van der Waals surface area (Å²) in [5.41, 5.74) is 0. The summed E-state index contributed by atoms with van der Waals surface area (Å²) in [6.07, 6.45) is 53.1. The van der Waals surface area contributed by atoms with Crippen LogP contribution in [0.4, 0.5) is 0 Å². The highest BCUT2D eigenvalue weighted by Gasteiger charge is 2.24. The average molecular weight is 785 g/mol. The summed E-state index contributed by atoms with van der Waals surface area (Å²) in [6, 6.07) is -0.834. The van der Waals surface area contributed by atoms with Gasteiger partial charge in [0, 0.05) is 6.42 Å². The molecule has 1 amide bonds. The van der Waals surface area contributed by atoms with Gasteiger partial charge < -0.3 is 28.8 Å². The summed E-state index contributed by atoms with van der Waals surface area (Å²) in [6.45, 7) is 4.38. The largest absolute Gasteiger partial charge is 0.756 e. The van der Waals surface area contributed by atoms with Crippen LogP contribution in [0.2, 0.25) is 0 Å². The van der Waals surface area contributed by atoms with Gasteiger partial charge in [-0.3, -0.25) is 9.36 Å². The number of amides is 1. The van der Waals surface area contributed by atoms with Crippen molar-refractivity contribution in [1.82, 2.24) is 5.32 Å². The Morgan fingerprint density at radius 3 is 1.51 bits per heavy atom. The third-order valence-electron chi connectivity index (χ3n) is 8.28. The third kappa shape index (κ3) is 39.2. The minimum Gasteiger partial charge on any atom is -0.756 e. The smallest absolute Gasteiger partial charge is 0.268 e. The number of nitrogens with zero attached hydrogens (tertiary/aromatic N) is 1. The monoisotopic (exact) mass is 785 g/mol. The number of allylic oxidation sites excluding steroid dienone is 18. The number of carbonyl (C=O) groups is 1. The highest BCUT2D eigenvalue weighted by molar-refractivity contribution is 7.45. The summed E-state index contributed by atoms with van der Waals surface area (Å²) < 4.78 is 22.9. The number of rotatable bonds is 35. The lowest BCUT2D eigenvalue weighted by atomic mass is 10.0. The zero-order valence-corrected chi connectivity index (χ0v) is 36.0. The van der Waals surface area contributed by atoms with E-state index in [0.717, 1.165) is 89.9 Å². The zero-order valence-electron chi connectivity index (χ0n) is 35.1. The molecule has 0 aliphatic rings. The Bertz CT molecular complexity index is 1260. The molecule has 3 unspecified atom stereocenters. The molecular weight excluding hydrogens is 707 g/mol.